The summed E-state index contributed by atoms with van der Waals surface area (Å²) in [5, 5.41) is 48.4. The van der Waals surface area contributed by atoms with Crippen molar-refractivity contribution in [1.82, 2.24) is 15.4 Å². The maximum atomic E-state index is 14.5. The number of nitrogens with zero attached hydrogens (tertiary/aromatic N) is 1. The molecule has 30 nitrogen and oxygen atoms in total. The summed E-state index contributed by atoms with van der Waals surface area (Å²) in [5.41, 5.74) is 3.99. The van der Waals surface area contributed by atoms with Crippen molar-refractivity contribution >= 4 is 119 Å². The summed E-state index contributed by atoms with van der Waals surface area (Å²) in [6, 6.07) is 23.8. The van der Waals surface area contributed by atoms with Gasteiger partial charge in [0.25, 0.3) is 39.5 Å². The van der Waals surface area contributed by atoms with Crippen molar-refractivity contribution in [3.8, 4) is 11.7 Å². The van der Waals surface area contributed by atoms with E-state index in [1.165, 1.54) is 44.5 Å². The zero-order valence-corrected chi connectivity index (χ0v) is 86.2. The van der Waals surface area contributed by atoms with Crippen molar-refractivity contribution in [2.45, 2.75) is 247 Å². The Balaban J connectivity index is -0.000000270. The topological polar surface area (TPSA) is 472 Å². The van der Waals surface area contributed by atoms with E-state index in [1.807, 2.05) is 174 Å². The van der Waals surface area contributed by atoms with Crippen LogP contribution in [0.4, 0.5) is 37.2 Å². The third-order valence-corrected chi connectivity index (χ3v) is 19.9. The Bertz CT molecular complexity index is 4960. The second-order valence-electron chi connectivity index (χ2n) is 31.0. The van der Waals surface area contributed by atoms with Crippen LogP contribution in [0.25, 0.3) is 0 Å². The first-order valence-corrected chi connectivity index (χ1v) is 43.9. The van der Waals surface area contributed by atoms with E-state index in [1.54, 1.807) is 53.0 Å². The number of hydrogen-bond acceptors (Lipinski definition) is 25. The molecule has 730 valence electrons. The average Bonchev–Trinajstić information content (AvgIpc) is 1.59. The summed E-state index contributed by atoms with van der Waals surface area (Å²) in [6.07, 6.45) is 3.51. The molecule has 0 saturated carbocycles. The van der Waals surface area contributed by atoms with E-state index in [0.29, 0.717) is 47.0 Å². The maximum absolute atomic E-state index is 14.5. The Morgan fingerprint density at radius 1 is 0.546 bits per heavy atom. The van der Waals surface area contributed by atoms with Crippen LogP contribution in [0.1, 0.15) is 269 Å². The predicted octanol–water partition coefficient (Wildman–Crippen LogP) is 13.5. The summed E-state index contributed by atoms with van der Waals surface area (Å²) in [5.74, 6) is 6.24. The number of halogens is 4. The molecule has 2 aliphatic rings. The van der Waals surface area contributed by atoms with Crippen LogP contribution in [0.15, 0.2) is 131 Å². The van der Waals surface area contributed by atoms with Crippen LogP contribution in [0.5, 0.6) is 11.7 Å². The minimum atomic E-state index is -1.22. The number of nitrogens with one attached hydrogen (secondary N) is 6. The molecular formula is C91H143Cl2F2MgN9O21S3Ti. The molecule has 6 atom stereocenters. The normalized spacial score (nSPS) is 12.4. The number of carbonyl (C=O) groups is 3. The van der Waals surface area contributed by atoms with Crippen LogP contribution in [-0.2, 0) is 72.6 Å². The van der Waals surface area contributed by atoms with Crippen molar-refractivity contribution in [1.29, 1.82) is 0 Å². The summed E-state index contributed by atoms with van der Waals surface area (Å²) in [4.78, 5) is 80.1. The smallest absolute Gasteiger partial charge is 1.00 e. The van der Waals surface area contributed by atoms with E-state index in [9.17, 15) is 55.0 Å². The predicted molar refractivity (Wildman–Crippen MR) is 516 cm³/mol. The summed E-state index contributed by atoms with van der Waals surface area (Å²) in [6.45, 7) is 52.3. The number of benzene rings is 2. The number of rotatable bonds is 18. The van der Waals surface area contributed by atoms with Gasteiger partial charge in [-0.1, -0.05) is 68.5 Å². The number of aryl methyl sites for hydroxylation is 5. The third kappa shape index (κ3) is 48.3. The van der Waals surface area contributed by atoms with Gasteiger partial charge < -0.3 is 103 Å². The second kappa shape index (κ2) is 68.4. The molecule has 4 aromatic carbocycles. The van der Waals surface area contributed by atoms with E-state index in [4.69, 9.17) is 62.9 Å². The van der Waals surface area contributed by atoms with Gasteiger partial charge in [0.1, 0.15) is 91.5 Å². The van der Waals surface area contributed by atoms with Gasteiger partial charge in [0.2, 0.25) is 5.24 Å². The first-order chi connectivity index (χ1) is 58.1. The standard InChI is InChI=1S/C21H20FN3O4.C13H9FN2O4.C13H23NO2S.C10H15NO2S.C9H15NO.C6H8O2.C4H11NOS.C3H7.C2H3ClO.4C2H6O.2CH4.ClH.Mg.Ti/c1-9(2)15(13-7-4-10(3)29-13)24-17-18(20(27)19(17)26)25-16-12(22)6-5-11-8-23-21(28)14(11)16;1-20-12-9(10(17)11(12)18)16-8-6(14)3-2-5-4-15-13(19)7(5)8;1-9(2)12(11-8-7-10(3)16-11)14-17(15)13(4,5)6;1-8-5-6-9(13-8)7-11-14(12)10(2,3)4;1-6(2)9(10)8-5-4-7(3)11-8;1-5-3-4-6(7-2)8-5;1-4(2,3)7(5)6;1-3-2;1-2(3)4;4*1-2-3;;;;;/h4-7,9,15,24-25H,8H2,1-3H3,(H,23,28);2-3,16H,4H2,1H3,(H,15,19);7-9,12,14H,1-6H3;5-7H,1-4H3;4-6,9H,10H2,1-3H3;3-4H,1-2H3;5H2,1-3H3;3H,1-2H3;1H3;4*3H,2H2,1H3;2*1H4;1H;;/q;;;;;;;-1;;;;;;;;;+2;/p-1/t15-;;12-,17+;14-;9-;;7-;;;;;;;;;;;/m1.101.0.........../s1. The number of nitrogens with two attached hydrogens (primary N) is 2. The third-order valence-electron chi connectivity index (χ3n) is 15.7. The van der Waals surface area contributed by atoms with Gasteiger partial charge in [-0.15, -0.1) is 0 Å². The van der Waals surface area contributed by atoms with Crippen LogP contribution < -0.4 is 85.8 Å². The van der Waals surface area contributed by atoms with Crippen molar-refractivity contribution in [2.75, 3.05) is 56.6 Å². The zero-order valence-electron chi connectivity index (χ0n) is 79.2. The quantitative estimate of drug-likeness (QED) is 0.0125. The molecule has 0 aliphatic carbocycles. The number of methoxy groups -OCH3 is 2. The monoisotopic (exact) mass is 1970 g/mol. The minimum Gasteiger partial charge on any atom is -1.00 e. The van der Waals surface area contributed by atoms with Gasteiger partial charge in [0.15, 0.2) is 5.75 Å². The van der Waals surface area contributed by atoms with Crippen LogP contribution in [0.3, 0.4) is 0 Å². The number of furan rings is 5. The largest absolute Gasteiger partial charge is 2.00 e. The zero-order chi connectivity index (χ0) is 96.9. The van der Waals surface area contributed by atoms with E-state index in [-0.39, 0.29) is 194 Å². The number of carbonyl (C=O) groups excluding carboxylic acids is 3. The number of fused-ring (bicyclic) bond motifs is 2. The number of hydrogen-bond donors (Lipinski definition) is 12. The van der Waals surface area contributed by atoms with Crippen molar-refractivity contribution in [3.05, 3.63) is 218 Å². The minimum absolute atomic E-state index is 0. The van der Waals surface area contributed by atoms with Gasteiger partial charge in [-0.3, -0.25) is 38.7 Å². The Kier molecular flexibility index (Phi) is 71.2. The molecule has 11 rings (SSSR count). The van der Waals surface area contributed by atoms with E-state index in [0.717, 1.165) is 40.3 Å². The van der Waals surface area contributed by atoms with Crippen molar-refractivity contribution < 1.29 is 122 Å². The summed E-state index contributed by atoms with van der Waals surface area (Å²) in [7, 11) is -0.674. The summed E-state index contributed by atoms with van der Waals surface area (Å²) >= 11 is 4.64. The molecule has 14 N–H and O–H groups in total. The molecule has 7 heterocycles. The maximum Gasteiger partial charge on any atom is 2.00 e. The Morgan fingerprint density at radius 3 is 1.18 bits per heavy atom. The van der Waals surface area contributed by atoms with E-state index >= 15 is 0 Å². The van der Waals surface area contributed by atoms with Gasteiger partial charge in [0.05, 0.1) is 97.3 Å². The molecule has 39 heteroatoms. The van der Waals surface area contributed by atoms with E-state index < -0.39 is 78.1 Å². The fraction of sp³-hybridized carbons (Fsp3) is 0.505. The van der Waals surface area contributed by atoms with Gasteiger partial charge in [0, 0.05) is 74.2 Å². The molecule has 9 aromatic rings. The van der Waals surface area contributed by atoms with Crippen LogP contribution in [-0.4, -0.2) is 134 Å². The first-order valence-electron chi connectivity index (χ1n) is 40.1. The second-order valence-corrected chi connectivity index (χ2v) is 37.3. The van der Waals surface area contributed by atoms with Gasteiger partial charge in [-0.05, 0) is 232 Å². The molecule has 0 fully saturated rings. The molecule has 0 saturated heterocycles. The molecular weight excluding hydrogens is 1830 g/mol. The summed E-state index contributed by atoms with van der Waals surface area (Å²) < 4.78 is 105. The van der Waals surface area contributed by atoms with Crippen LogP contribution >= 0.6 is 11.6 Å². The van der Waals surface area contributed by atoms with E-state index in [2.05, 4.69) is 75.0 Å². The van der Waals surface area contributed by atoms with Gasteiger partial charge in [-0.2, -0.15) is 18.2 Å². The first kappa shape index (κ1) is 135. The number of aliphatic hydroxyl groups is 4. The molecule has 5 aromatic heterocycles. The van der Waals surface area contributed by atoms with Crippen LogP contribution in [0, 0.1) is 70.4 Å². The fourth-order valence-electron chi connectivity index (χ4n) is 9.45. The number of amides is 2. The SMILES string of the molecule is C.C.CC(=O)Cl.CC(C)(C)[S@@](N)=O.CCO.CCO.CCO.CCO.COc1c(Nc2c(F)ccc3c2C(=O)NC3)c(=O)c1=O.COc1ccc(C)o1.C[CH-]C.Cc1ccc(C=N[S@@](=O)C(C)(C)C)o1.Cc1ccc([C@H](N)C(C)C)o1.Cc1ccc([C@H](N[S@@](=O)C(C)(C)C)C(C)C)o1.Cc1ccc([C@H](Nc2c(Nc3c(F)ccc4c3C(=O)NC4)c(=O)c2=O)C(C)C)o1.[Cl-].[Mg+2].[Ti]. The number of aliphatic hydroxyl groups excluding tert-OH is 4. The van der Waals surface area contributed by atoms with Crippen molar-refractivity contribution in [2.24, 2.45) is 33.0 Å². The molecule has 0 radical (unpaired) electrons. The molecule has 0 bridgehead atoms. The Morgan fingerprint density at radius 2 is 0.885 bits per heavy atom. The van der Waals surface area contributed by atoms with Crippen molar-refractivity contribution in [3.63, 3.8) is 0 Å². The number of ether oxygens (including phenoxy) is 2. The molecule has 130 heavy (non-hydrogen) atoms. The van der Waals surface area contributed by atoms with Gasteiger partial charge >= 0.3 is 23.1 Å². The molecule has 2 aliphatic heterocycles. The Labute approximate surface area is 817 Å². The van der Waals surface area contributed by atoms with Gasteiger partial charge in [-0.25, -0.2) is 26.1 Å². The fourth-order valence-corrected chi connectivity index (χ4v) is 10.9. The molecule has 0 unspecified atom stereocenters. The Hall–Kier alpha value is -7.63. The number of anilines is 5. The molecule has 0 spiro atoms. The molecule has 2 amide bonds. The average molecular weight is 1980 g/mol. The van der Waals surface area contributed by atoms with Crippen LogP contribution in [0.2, 0.25) is 0 Å².